The Bertz CT molecular complexity index is 3180. The molecule has 274 valence electrons. The molecule has 11 rings (SSSR count). The van der Waals surface area contributed by atoms with Crippen LogP contribution >= 0.6 is 11.3 Å². The quantitative estimate of drug-likeness (QED) is 0.169. The van der Waals surface area contributed by atoms with Gasteiger partial charge in [0, 0.05) is 42.3 Å². The van der Waals surface area contributed by atoms with Crippen molar-refractivity contribution < 1.29 is 0 Å². The molecule has 0 saturated heterocycles. The van der Waals surface area contributed by atoms with Gasteiger partial charge in [0.1, 0.15) is 0 Å². The highest BCUT2D eigenvalue weighted by Crippen LogP contribution is 2.52. The third kappa shape index (κ3) is 5.69. The molecule has 0 saturated carbocycles. The van der Waals surface area contributed by atoms with Crippen LogP contribution in [-0.2, 0) is 5.41 Å². The van der Waals surface area contributed by atoms with Gasteiger partial charge in [0.25, 0.3) is 0 Å². The lowest BCUT2D eigenvalue weighted by atomic mass is 9.82. The van der Waals surface area contributed by atoms with Gasteiger partial charge in [-0.05, 0) is 92.0 Å². The Kier molecular flexibility index (Phi) is 8.06. The van der Waals surface area contributed by atoms with E-state index in [0.29, 0.717) is 5.82 Å². The van der Waals surface area contributed by atoms with Crippen molar-refractivity contribution in [2.45, 2.75) is 19.3 Å². The van der Waals surface area contributed by atoms with Gasteiger partial charge in [-0.2, -0.15) is 0 Å². The standard InChI is InChI=1S/C55H38N2S/c1-55(2)46-23-11-9-19-44(46)52-42(21-13-24-47(52)55)36-27-29-37(30-28-36)48-34-49(57-54(56-48)38-17-7-4-8-18-38)41-32-39(35-15-5-3-6-16-35)31-40(33-41)43-22-14-26-51-53(43)45-20-10-12-25-50(45)58-51/h3-34H,1-2H3. The largest absolute Gasteiger partial charge is 0.228 e. The molecule has 1 aliphatic carbocycles. The second kappa shape index (κ2) is 13.6. The summed E-state index contributed by atoms with van der Waals surface area (Å²) in [5.41, 5.74) is 17.4. The molecular weight excluding hydrogens is 721 g/mol. The fourth-order valence-corrected chi connectivity index (χ4v) is 10.2. The summed E-state index contributed by atoms with van der Waals surface area (Å²) in [6, 6.07) is 70.1. The zero-order valence-electron chi connectivity index (χ0n) is 32.3. The van der Waals surface area contributed by atoms with E-state index in [9.17, 15) is 0 Å². The Labute approximate surface area is 342 Å². The first kappa shape index (κ1) is 34.3. The van der Waals surface area contributed by atoms with E-state index in [1.54, 1.807) is 0 Å². The van der Waals surface area contributed by atoms with Crippen molar-refractivity contribution in [3.8, 4) is 78.4 Å². The molecule has 10 aromatic rings. The first-order valence-corrected chi connectivity index (χ1v) is 20.7. The Hall–Kier alpha value is -6.94. The number of nitrogens with zero attached hydrogens (tertiary/aromatic N) is 2. The van der Waals surface area contributed by atoms with E-state index >= 15 is 0 Å². The first-order chi connectivity index (χ1) is 28.5. The lowest BCUT2D eigenvalue weighted by Crippen LogP contribution is -2.14. The number of thiophene rings is 1. The molecule has 3 heteroatoms. The molecule has 0 unspecified atom stereocenters. The van der Waals surface area contributed by atoms with Crippen molar-refractivity contribution in [2.24, 2.45) is 0 Å². The van der Waals surface area contributed by atoms with Crippen molar-refractivity contribution in [2.75, 3.05) is 0 Å². The number of aromatic nitrogens is 2. The topological polar surface area (TPSA) is 25.8 Å². The van der Waals surface area contributed by atoms with Crippen LogP contribution in [0.1, 0.15) is 25.0 Å². The van der Waals surface area contributed by atoms with E-state index < -0.39 is 0 Å². The summed E-state index contributed by atoms with van der Waals surface area (Å²) in [7, 11) is 0. The van der Waals surface area contributed by atoms with Crippen LogP contribution in [0, 0.1) is 0 Å². The van der Waals surface area contributed by atoms with Crippen LogP contribution in [0.5, 0.6) is 0 Å². The molecule has 0 aliphatic heterocycles. The predicted molar refractivity (Wildman–Crippen MR) is 245 cm³/mol. The molecule has 0 fully saturated rings. The van der Waals surface area contributed by atoms with Crippen LogP contribution < -0.4 is 0 Å². The molecular formula is C55H38N2S. The monoisotopic (exact) mass is 758 g/mol. The SMILES string of the molecule is CC1(C)c2ccccc2-c2c(-c3ccc(-c4cc(-c5cc(-c6ccccc6)cc(-c6cccc7sc8ccccc8c67)c5)nc(-c5ccccc5)n4)cc3)cccc21. The van der Waals surface area contributed by atoms with Crippen LogP contribution in [0.3, 0.4) is 0 Å². The van der Waals surface area contributed by atoms with Crippen molar-refractivity contribution in [1.29, 1.82) is 0 Å². The molecule has 2 aromatic heterocycles. The van der Waals surface area contributed by atoms with Gasteiger partial charge >= 0.3 is 0 Å². The molecule has 8 aromatic carbocycles. The molecule has 0 amide bonds. The molecule has 1 aliphatic rings. The lowest BCUT2D eigenvalue weighted by molar-refractivity contribution is 0.660. The maximum atomic E-state index is 5.30. The average Bonchev–Trinajstić information content (AvgIpc) is 3.79. The highest BCUT2D eigenvalue weighted by atomic mass is 32.1. The third-order valence-electron chi connectivity index (χ3n) is 11.9. The van der Waals surface area contributed by atoms with E-state index in [1.165, 1.54) is 64.7 Å². The van der Waals surface area contributed by atoms with Gasteiger partial charge in [-0.25, -0.2) is 9.97 Å². The van der Waals surface area contributed by atoms with Crippen molar-refractivity contribution >= 4 is 31.5 Å². The summed E-state index contributed by atoms with van der Waals surface area (Å²) in [6.45, 7) is 4.68. The summed E-state index contributed by atoms with van der Waals surface area (Å²) in [5, 5.41) is 2.58. The minimum absolute atomic E-state index is 0.0469. The molecule has 0 spiro atoms. The summed E-state index contributed by atoms with van der Waals surface area (Å²) >= 11 is 1.85. The summed E-state index contributed by atoms with van der Waals surface area (Å²) in [6.07, 6.45) is 0. The molecule has 0 radical (unpaired) electrons. The Balaban J connectivity index is 1.07. The van der Waals surface area contributed by atoms with E-state index in [2.05, 4.69) is 202 Å². The van der Waals surface area contributed by atoms with Gasteiger partial charge in [-0.3, -0.25) is 0 Å². The van der Waals surface area contributed by atoms with Crippen molar-refractivity contribution in [3.63, 3.8) is 0 Å². The van der Waals surface area contributed by atoms with Gasteiger partial charge in [-0.1, -0.05) is 172 Å². The Morgan fingerprint density at radius 3 is 1.76 bits per heavy atom. The predicted octanol–water partition coefficient (Wildman–Crippen LogP) is 15.2. The zero-order valence-corrected chi connectivity index (χ0v) is 33.1. The van der Waals surface area contributed by atoms with E-state index in [1.807, 2.05) is 17.4 Å². The van der Waals surface area contributed by atoms with E-state index in [0.717, 1.165) is 39.2 Å². The number of fused-ring (bicyclic) bond motifs is 6. The van der Waals surface area contributed by atoms with Crippen molar-refractivity contribution in [1.82, 2.24) is 9.97 Å². The molecule has 0 N–H and O–H groups in total. The van der Waals surface area contributed by atoms with Gasteiger partial charge in [0.15, 0.2) is 5.82 Å². The smallest absolute Gasteiger partial charge is 0.160 e. The van der Waals surface area contributed by atoms with Gasteiger partial charge in [0.05, 0.1) is 11.4 Å². The normalized spacial score (nSPS) is 12.8. The zero-order chi connectivity index (χ0) is 38.8. The number of rotatable bonds is 6. The summed E-state index contributed by atoms with van der Waals surface area (Å²) < 4.78 is 2.59. The minimum Gasteiger partial charge on any atom is -0.228 e. The first-order valence-electron chi connectivity index (χ1n) is 19.9. The highest BCUT2D eigenvalue weighted by molar-refractivity contribution is 7.25. The molecule has 0 atom stereocenters. The second-order valence-corrected chi connectivity index (χ2v) is 16.8. The number of hydrogen-bond acceptors (Lipinski definition) is 3. The number of hydrogen-bond donors (Lipinski definition) is 0. The summed E-state index contributed by atoms with van der Waals surface area (Å²) in [4.78, 5) is 10.5. The van der Waals surface area contributed by atoms with E-state index in [4.69, 9.17) is 9.97 Å². The van der Waals surface area contributed by atoms with Gasteiger partial charge < -0.3 is 0 Å². The molecule has 2 nitrogen and oxygen atoms in total. The number of benzene rings is 8. The van der Waals surface area contributed by atoms with Crippen LogP contribution in [0.4, 0.5) is 0 Å². The maximum absolute atomic E-state index is 5.30. The maximum Gasteiger partial charge on any atom is 0.160 e. The fraction of sp³-hybridized carbons (Fsp3) is 0.0545. The Morgan fingerprint density at radius 2 is 0.948 bits per heavy atom. The fourth-order valence-electron chi connectivity index (χ4n) is 9.02. The van der Waals surface area contributed by atoms with E-state index in [-0.39, 0.29) is 5.41 Å². The van der Waals surface area contributed by atoms with Gasteiger partial charge in [-0.15, -0.1) is 11.3 Å². The van der Waals surface area contributed by atoms with Gasteiger partial charge in [0.2, 0.25) is 0 Å². The molecule has 0 bridgehead atoms. The average molecular weight is 759 g/mol. The van der Waals surface area contributed by atoms with Crippen LogP contribution in [0.25, 0.3) is 98.6 Å². The second-order valence-electron chi connectivity index (χ2n) is 15.7. The Morgan fingerprint density at radius 1 is 0.379 bits per heavy atom. The van der Waals surface area contributed by atoms with Crippen LogP contribution in [0.15, 0.2) is 194 Å². The summed E-state index contributed by atoms with van der Waals surface area (Å²) in [5.74, 6) is 0.703. The molecule has 58 heavy (non-hydrogen) atoms. The minimum atomic E-state index is -0.0469. The van der Waals surface area contributed by atoms with Crippen LogP contribution in [0.2, 0.25) is 0 Å². The lowest BCUT2D eigenvalue weighted by Gasteiger charge is -2.21. The third-order valence-corrected chi connectivity index (χ3v) is 13.0. The highest BCUT2D eigenvalue weighted by Gasteiger charge is 2.36. The van der Waals surface area contributed by atoms with Crippen LogP contribution in [-0.4, -0.2) is 9.97 Å². The van der Waals surface area contributed by atoms with Crippen molar-refractivity contribution in [3.05, 3.63) is 205 Å². The molecule has 2 heterocycles.